The first-order valence-corrected chi connectivity index (χ1v) is 4.31. The van der Waals surface area contributed by atoms with Crippen LogP contribution in [0.15, 0.2) is 27.1 Å². The molecule has 0 saturated heterocycles. The lowest BCUT2D eigenvalue weighted by Crippen LogP contribution is -1.74. The van der Waals surface area contributed by atoms with Crippen molar-refractivity contribution >= 4 is 26.9 Å². The number of rotatable bonds is 0. The van der Waals surface area contributed by atoms with Gasteiger partial charge in [-0.25, -0.2) is 4.39 Å². The Morgan fingerprint density at radius 2 is 2.08 bits per heavy atom. The van der Waals surface area contributed by atoms with E-state index in [1.807, 2.05) is 13.0 Å². The van der Waals surface area contributed by atoms with Crippen molar-refractivity contribution in [3.05, 3.63) is 34.2 Å². The van der Waals surface area contributed by atoms with E-state index in [2.05, 4.69) is 15.9 Å². The monoisotopic (exact) mass is 228 g/mol. The molecule has 2 rings (SSSR count). The van der Waals surface area contributed by atoms with Crippen molar-refractivity contribution in [3.8, 4) is 0 Å². The van der Waals surface area contributed by atoms with Crippen molar-refractivity contribution in [2.45, 2.75) is 6.92 Å². The van der Waals surface area contributed by atoms with Gasteiger partial charge < -0.3 is 4.42 Å². The van der Waals surface area contributed by atoms with Crippen LogP contribution in [-0.4, -0.2) is 0 Å². The third kappa shape index (κ3) is 1.14. The van der Waals surface area contributed by atoms with E-state index in [0.717, 1.165) is 11.1 Å². The maximum atomic E-state index is 13.0. The molecule has 0 unspecified atom stereocenters. The fraction of sp³-hybridized carbons (Fsp3) is 0.111. The van der Waals surface area contributed by atoms with Gasteiger partial charge in [0.2, 0.25) is 0 Å². The Balaban J connectivity index is 2.83. The van der Waals surface area contributed by atoms with E-state index in [-0.39, 0.29) is 5.82 Å². The number of fused-ring (bicyclic) bond motifs is 1. The van der Waals surface area contributed by atoms with Crippen LogP contribution in [0.5, 0.6) is 0 Å². The van der Waals surface area contributed by atoms with Crippen molar-refractivity contribution in [2.24, 2.45) is 0 Å². The highest BCUT2D eigenvalue weighted by molar-refractivity contribution is 9.10. The molecule has 0 atom stereocenters. The highest BCUT2D eigenvalue weighted by Crippen LogP contribution is 2.25. The first kappa shape index (κ1) is 7.80. The molecule has 0 saturated carbocycles. The Morgan fingerprint density at radius 3 is 2.83 bits per heavy atom. The summed E-state index contributed by atoms with van der Waals surface area (Å²) in [5.41, 5.74) is 0.591. The fourth-order valence-corrected chi connectivity index (χ4v) is 1.53. The molecular weight excluding hydrogens is 223 g/mol. The molecule has 0 amide bonds. The van der Waals surface area contributed by atoms with Crippen LogP contribution in [0.2, 0.25) is 0 Å². The summed E-state index contributed by atoms with van der Waals surface area (Å²) in [4.78, 5) is 0. The molecule has 0 radical (unpaired) electrons. The van der Waals surface area contributed by atoms with Crippen LogP contribution >= 0.6 is 15.9 Å². The SMILES string of the molecule is Cc1cc2cc(Br)c(F)cc2o1. The Hall–Kier alpha value is -0.830. The van der Waals surface area contributed by atoms with Gasteiger partial charge in [0, 0.05) is 11.5 Å². The molecular formula is C9H6BrFO. The van der Waals surface area contributed by atoms with Crippen LogP contribution in [-0.2, 0) is 0 Å². The van der Waals surface area contributed by atoms with Gasteiger partial charge in [-0.15, -0.1) is 0 Å². The molecule has 12 heavy (non-hydrogen) atoms. The Bertz CT molecular complexity index is 394. The van der Waals surface area contributed by atoms with Gasteiger partial charge in [0.25, 0.3) is 0 Å². The van der Waals surface area contributed by atoms with Gasteiger partial charge in [-0.05, 0) is 35.0 Å². The summed E-state index contributed by atoms with van der Waals surface area (Å²) in [6.45, 7) is 1.84. The van der Waals surface area contributed by atoms with Gasteiger partial charge in [-0.2, -0.15) is 0 Å². The molecule has 0 aliphatic carbocycles. The second kappa shape index (κ2) is 2.59. The molecule has 0 bridgehead atoms. The fourth-order valence-electron chi connectivity index (χ4n) is 1.17. The second-order valence-corrected chi connectivity index (χ2v) is 3.52. The topological polar surface area (TPSA) is 13.1 Å². The summed E-state index contributed by atoms with van der Waals surface area (Å²) in [5, 5.41) is 0.917. The van der Waals surface area contributed by atoms with Crippen LogP contribution < -0.4 is 0 Å². The molecule has 1 heterocycles. The largest absolute Gasteiger partial charge is 0.461 e. The molecule has 1 aromatic carbocycles. The number of benzene rings is 1. The zero-order valence-electron chi connectivity index (χ0n) is 6.40. The lowest BCUT2D eigenvalue weighted by molar-refractivity contribution is 0.570. The molecule has 2 aromatic rings. The summed E-state index contributed by atoms with van der Waals surface area (Å²) in [6.07, 6.45) is 0. The van der Waals surface area contributed by atoms with Crippen LogP contribution in [0.4, 0.5) is 4.39 Å². The number of halogens is 2. The highest BCUT2D eigenvalue weighted by Gasteiger charge is 2.05. The second-order valence-electron chi connectivity index (χ2n) is 2.66. The summed E-state index contributed by atoms with van der Waals surface area (Å²) in [6, 6.07) is 4.97. The zero-order chi connectivity index (χ0) is 8.72. The highest BCUT2D eigenvalue weighted by atomic mass is 79.9. The summed E-state index contributed by atoms with van der Waals surface area (Å²) in [7, 11) is 0. The van der Waals surface area contributed by atoms with Crippen molar-refractivity contribution in [2.75, 3.05) is 0 Å². The summed E-state index contributed by atoms with van der Waals surface area (Å²) >= 11 is 3.11. The standard InChI is InChI=1S/C9H6BrFO/c1-5-2-6-3-7(10)8(11)4-9(6)12-5/h2-4H,1H3. The van der Waals surface area contributed by atoms with Gasteiger partial charge in [-0.1, -0.05) is 0 Å². The van der Waals surface area contributed by atoms with Crippen LogP contribution in [0.25, 0.3) is 11.0 Å². The number of hydrogen-bond donors (Lipinski definition) is 0. The molecule has 0 aliphatic rings. The molecule has 62 valence electrons. The van der Waals surface area contributed by atoms with Gasteiger partial charge in [0.1, 0.15) is 17.2 Å². The van der Waals surface area contributed by atoms with E-state index < -0.39 is 0 Å². The van der Waals surface area contributed by atoms with E-state index in [9.17, 15) is 4.39 Å². The van der Waals surface area contributed by atoms with Crippen LogP contribution in [0.1, 0.15) is 5.76 Å². The van der Waals surface area contributed by atoms with Crippen molar-refractivity contribution in [3.63, 3.8) is 0 Å². The molecule has 0 aliphatic heterocycles. The maximum absolute atomic E-state index is 13.0. The quantitative estimate of drug-likeness (QED) is 0.672. The molecule has 0 N–H and O–H groups in total. The molecule has 3 heteroatoms. The molecule has 0 spiro atoms. The normalized spacial score (nSPS) is 10.9. The van der Waals surface area contributed by atoms with Crippen molar-refractivity contribution in [1.82, 2.24) is 0 Å². The lowest BCUT2D eigenvalue weighted by atomic mass is 10.2. The van der Waals surface area contributed by atoms with E-state index in [1.54, 1.807) is 6.07 Å². The van der Waals surface area contributed by atoms with Gasteiger partial charge in [-0.3, -0.25) is 0 Å². The average Bonchev–Trinajstić information content (AvgIpc) is 2.30. The van der Waals surface area contributed by atoms with E-state index in [4.69, 9.17) is 4.42 Å². The minimum atomic E-state index is -0.295. The maximum Gasteiger partial charge on any atom is 0.141 e. The zero-order valence-corrected chi connectivity index (χ0v) is 7.98. The predicted octanol–water partition coefficient (Wildman–Crippen LogP) is 3.64. The Labute approximate surface area is 77.3 Å². The van der Waals surface area contributed by atoms with Crippen LogP contribution in [0.3, 0.4) is 0 Å². The minimum Gasteiger partial charge on any atom is -0.461 e. The Morgan fingerprint density at radius 1 is 1.33 bits per heavy atom. The van der Waals surface area contributed by atoms with Crippen molar-refractivity contribution < 1.29 is 8.81 Å². The van der Waals surface area contributed by atoms with Crippen molar-refractivity contribution in [1.29, 1.82) is 0 Å². The summed E-state index contributed by atoms with van der Waals surface area (Å²) < 4.78 is 18.7. The van der Waals surface area contributed by atoms with E-state index in [1.165, 1.54) is 6.07 Å². The first-order valence-electron chi connectivity index (χ1n) is 3.52. The van der Waals surface area contributed by atoms with Crippen LogP contribution in [0, 0.1) is 12.7 Å². The average molecular weight is 229 g/mol. The number of aryl methyl sites for hydroxylation is 1. The Kier molecular flexibility index (Phi) is 1.68. The number of furan rings is 1. The third-order valence-corrected chi connectivity index (χ3v) is 2.29. The molecule has 1 aromatic heterocycles. The van der Waals surface area contributed by atoms with E-state index in [0.29, 0.717) is 10.1 Å². The first-order chi connectivity index (χ1) is 5.66. The predicted molar refractivity (Wildman–Crippen MR) is 48.6 cm³/mol. The smallest absolute Gasteiger partial charge is 0.141 e. The minimum absolute atomic E-state index is 0.295. The molecule has 0 fully saturated rings. The lowest BCUT2D eigenvalue weighted by Gasteiger charge is -1.92. The van der Waals surface area contributed by atoms with E-state index >= 15 is 0 Å². The summed E-state index contributed by atoms with van der Waals surface area (Å²) in [5.74, 6) is 0.499. The van der Waals surface area contributed by atoms with Gasteiger partial charge in [0.15, 0.2) is 0 Å². The third-order valence-electron chi connectivity index (χ3n) is 1.68. The number of hydrogen-bond acceptors (Lipinski definition) is 1. The van der Waals surface area contributed by atoms with Gasteiger partial charge >= 0.3 is 0 Å². The van der Waals surface area contributed by atoms with Gasteiger partial charge in [0.05, 0.1) is 4.47 Å². The molecule has 1 nitrogen and oxygen atoms in total.